The number of amides is 1. The first-order valence-corrected chi connectivity index (χ1v) is 8.51. The molecule has 1 saturated carbocycles. The number of hydrogen-bond acceptors (Lipinski definition) is 2. The second kappa shape index (κ2) is 6.20. The molecule has 1 aromatic carbocycles. The Kier molecular flexibility index (Phi) is 4.38. The van der Waals surface area contributed by atoms with Gasteiger partial charge in [0.05, 0.1) is 11.1 Å². The van der Waals surface area contributed by atoms with Crippen LogP contribution in [0.5, 0.6) is 0 Å². The molecule has 1 heterocycles. The SMILES string of the molecule is Cc1sc(=NC(=O)c2ccccc2C(F)(F)F)n(CC2CC2)c1C. The first kappa shape index (κ1) is 17.0. The average Bonchev–Trinajstić information content (AvgIpc) is 3.30. The van der Waals surface area contributed by atoms with E-state index in [1.807, 2.05) is 18.4 Å². The second-order valence-electron chi connectivity index (χ2n) is 6.04. The lowest BCUT2D eigenvalue weighted by Crippen LogP contribution is -2.20. The molecule has 0 N–H and O–H groups in total. The molecule has 3 rings (SSSR count). The predicted octanol–water partition coefficient (Wildman–Crippen LogP) is 4.34. The summed E-state index contributed by atoms with van der Waals surface area (Å²) in [7, 11) is 0. The van der Waals surface area contributed by atoms with Crippen LogP contribution in [0, 0.1) is 19.8 Å². The van der Waals surface area contributed by atoms with Crippen molar-refractivity contribution in [3.63, 3.8) is 0 Å². The van der Waals surface area contributed by atoms with Crippen LogP contribution in [0.15, 0.2) is 29.3 Å². The van der Waals surface area contributed by atoms with Crippen molar-refractivity contribution in [3.05, 3.63) is 50.8 Å². The summed E-state index contributed by atoms with van der Waals surface area (Å²) in [6, 6.07) is 4.77. The zero-order valence-electron chi connectivity index (χ0n) is 13.4. The Balaban J connectivity index is 2.04. The van der Waals surface area contributed by atoms with Crippen LogP contribution < -0.4 is 4.80 Å². The highest BCUT2D eigenvalue weighted by Gasteiger charge is 2.34. The zero-order valence-corrected chi connectivity index (χ0v) is 14.2. The number of alkyl halides is 3. The number of hydrogen-bond donors (Lipinski definition) is 0. The monoisotopic (exact) mass is 354 g/mol. The highest BCUT2D eigenvalue weighted by Crippen LogP contribution is 2.32. The lowest BCUT2D eigenvalue weighted by molar-refractivity contribution is -0.137. The third kappa shape index (κ3) is 3.45. The molecule has 0 atom stereocenters. The molecule has 0 saturated heterocycles. The molecule has 0 spiro atoms. The number of carbonyl (C=O) groups is 1. The van der Waals surface area contributed by atoms with E-state index in [-0.39, 0.29) is 0 Å². The van der Waals surface area contributed by atoms with Crippen LogP contribution in [0.1, 0.15) is 39.3 Å². The third-order valence-electron chi connectivity index (χ3n) is 4.19. The van der Waals surface area contributed by atoms with Gasteiger partial charge < -0.3 is 4.57 Å². The van der Waals surface area contributed by atoms with Gasteiger partial charge in [0.25, 0.3) is 5.91 Å². The van der Waals surface area contributed by atoms with Crippen LogP contribution >= 0.6 is 11.3 Å². The molecule has 0 aliphatic heterocycles. The Labute approximate surface area is 141 Å². The molecule has 1 fully saturated rings. The Bertz CT molecular complexity index is 844. The van der Waals surface area contributed by atoms with Crippen molar-refractivity contribution in [3.8, 4) is 0 Å². The van der Waals surface area contributed by atoms with E-state index in [1.165, 1.54) is 29.5 Å². The quantitative estimate of drug-likeness (QED) is 0.807. The Hall–Kier alpha value is -1.89. The smallest absolute Gasteiger partial charge is 0.320 e. The maximum Gasteiger partial charge on any atom is 0.417 e. The molecular formula is C17H17F3N2OS. The second-order valence-corrected chi connectivity index (χ2v) is 7.22. The van der Waals surface area contributed by atoms with Crippen molar-refractivity contribution >= 4 is 17.2 Å². The molecule has 7 heteroatoms. The fourth-order valence-electron chi connectivity index (χ4n) is 2.52. The maximum absolute atomic E-state index is 13.1. The van der Waals surface area contributed by atoms with E-state index >= 15 is 0 Å². The number of rotatable bonds is 3. The minimum absolute atomic E-state index is 0.410. The zero-order chi connectivity index (χ0) is 17.5. The summed E-state index contributed by atoms with van der Waals surface area (Å²) in [6.07, 6.45) is -2.29. The number of thiazole rings is 1. The summed E-state index contributed by atoms with van der Waals surface area (Å²) in [5.41, 5.74) is -0.341. The van der Waals surface area contributed by atoms with E-state index in [0.29, 0.717) is 10.7 Å². The van der Waals surface area contributed by atoms with Gasteiger partial charge in [-0.25, -0.2) is 0 Å². The van der Waals surface area contributed by atoms with Crippen LogP contribution in [-0.4, -0.2) is 10.5 Å². The lowest BCUT2D eigenvalue weighted by Gasteiger charge is -2.10. The first-order chi connectivity index (χ1) is 11.3. The van der Waals surface area contributed by atoms with Gasteiger partial charge in [0.15, 0.2) is 4.80 Å². The van der Waals surface area contributed by atoms with E-state index in [1.54, 1.807) is 0 Å². The van der Waals surface area contributed by atoms with Crippen LogP contribution in [0.3, 0.4) is 0 Å². The molecule has 1 amide bonds. The number of benzene rings is 1. The van der Waals surface area contributed by atoms with Crippen molar-refractivity contribution < 1.29 is 18.0 Å². The molecule has 0 radical (unpaired) electrons. The highest BCUT2D eigenvalue weighted by molar-refractivity contribution is 7.09. The molecule has 2 aromatic rings. The van der Waals surface area contributed by atoms with Crippen LogP contribution in [0.4, 0.5) is 13.2 Å². The van der Waals surface area contributed by atoms with Crippen molar-refractivity contribution in [2.75, 3.05) is 0 Å². The molecule has 3 nitrogen and oxygen atoms in total. The van der Waals surface area contributed by atoms with Crippen LogP contribution in [0.25, 0.3) is 0 Å². The fourth-order valence-corrected chi connectivity index (χ4v) is 3.50. The van der Waals surface area contributed by atoms with E-state index < -0.39 is 23.2 Å². The van der Waals surface area contributed by atoms with Gasteiger partial charge >= 0.3 is 6.18 Å². The van der Waals surface area contributed by atoms with Crippen LogP contribution in [-0.2, 0) is 12.7 Å². The van der Waals surface area contributed by atoms with E-state index in [2.05, 4.69) is 4.99 Å². The largest absolute Gasteiger partial charge is 0.417 e. The minimum atomic E-state index is -4.58. The molecular weight excluding hydrogens is 337 g/mol. The molecule has 0 bridgehead atoms. The molecule has 128 valence electrons. The number of aromatic nitrogens is 1. The molecule has 0 unspecified atom stereocenters. The van der Waals surface area contributed by atoms with Gasteiger partial charge in [0.1, 0.15) is 0 Å². The summed E-state index contributed by atoms with van der Waals surface area (Å²) in [5, 5.41) is 0. The number of aryl methyl sites for hydroxylation is 1. The predicted molar refractivity (Wildman–Crippen MR) is 85.8 cm³/mol. The third-order valence-corrected chi connectivity index (χ3v) is 5.28. The Morgan fingerprint density at radius 3 is 2.58 bits per heavy atom. The van der Waals surface area contributed by atoms with Crippen molar-refractivity contribution in [2.45, 2.75) is 39.4 Å². The normalized spacial score (nSPS) is 15.8. The van der Waals surface area contributed by atoms with Gasteiger partial charge in [-0.2, -0.15) is 18.2 Å². The molecule has 1 aromatic heterocycles. The molecule has 1 aliphatic rings. The summed E-state index contributed by atoms with van der Waals surface area (Å²) in [5.74, 6) is -0.275. The topological polar surface area (TPSA) is 34.4 Å². The van der Waals surface area contributed by atoms with Gasteiger partial charge in [-0.05, 0) is 44.7 Å². The maximum atomic E-state index is 13.1. The fraction of sp³-hybridized carbons (Fsp3) is 0.412. The standard InChI is InChI=1S/C17H17F3N2OS/c1-10-11(2)24-16(22(10)9-12-7-8-12)21-15(23)13-5-3-4-6-14(13)17(18,19)20/h3-6,12H,7-9H2,1-2H3. The van der Waals surface area contributed by atoms with Gasteiger partial charge in [-0.3, -0.25) is 4.79 Å². The van der Waals surface area contributed by atoms with E-state index in [4.69, 9.17) is 0 Å². The molecule has 24 heavy (non-hydrogen) atoms. The lowest BCUT2D eigenvalue weighted by atomic mass is 10.1. The van der Waals surface area contributed by atoms with Gasteiger partial charge in [-0.1, -0.05) is 12.1 Å². The summed E-state index contributed by atoms with van der Waals surface area (Å²) in [6.45, 7) is 4.64. The first-order valence-electron chi connectivity index (χ1n) is 7.69. The summed E-state index contributed by atoms with van der Waals surface area (Å²) in [4.78, 5) is 17.9. The van der Waals surface area contributed by atoms with Crippen molar-refractivity contribution in [1.82, 2.24) is 4.57 Å². The van der Waals surface area contributed by atoms with Gasteiger partial charge in [-0.15, -0.1) is 11.3 Å². The Morgan fingerprint density at radius 1 is 1.29 bits per heavy atom. The molecule has 1 aliphatic carbocycles. The average molecular weight is 354 g/mol. The van der Waals surface area contributed by atoms with Crippen molar-refractivity contribution in [2.24, 2.45) is 10.9 Å². The summed E-state index contributed by atoms with van der Waals surface area (Å²) >= 11 is 1.34. The van der Waals surface area contributed by atoms with Gasteiger partial charge in [0.2, 0.25) is 0 Å². The number of nitrogens with zero attached hydrogens (tertiary/aromatic N) is 2. The van der Waals surface area contributed by atoms with E-state index in [9.17, 15) is 18.0 Å². The minimum Gasteiger partial charge on any atom is -0.320 e. The van der Waals surface area contributed by atoms with Crippen LogP contribution in [0.2, 0.25) is 0 Å². The van der Waals surface area contributed by atoms with Gasteiger partial charge in [0, 0.05) is 17.1 Å². The number of carbonyl (C=O) groups excluding carboxylic acids is 1. The number of halogens is 3. The highest BCUT2D eigenvalue weighted by atomic mass is 32.1. The van der Waals surface area contributed by atoms with Crippen molar-refractivity contribution in [1.29, 1.82) is 0 Å². The summed E-state index contributed by atoms with van der Waals surface area (Å²) < 4.78 is 41.2. The Morgan fingerprint density at radius 2 is 1.96 bits per heavy atom. The van der Waals surface area contributed by atoms with E-state index in [0.717, 1.165) is 36.0 Å².